The molecule has 1 aliphatic heterocycles. The number of ether oxygens (including phenoxy) is 2. The lowest BCUT2D eigenvalue weighted by Gasteiger charge is -2.26. The molecule has 25 heavy (non-hydrogen) atoms. The number of benzene rings is 1. The van der Waals surface area contributed by atoms with Crippen molar-refractivity contribution in [3.63, 3.8) is 0 Å². The van der Waals surface area contributed by atoms with E-state index in [1.54, 1.807) is 0 Å². The van der Waals surface area contributed by atoms with Crippen LogP contribution in [0.15, 0.2) is 23.1 Å². The van der Waals surface area contributed by atoms with Crippen molar-refractivity contribution in [2.24, 2.45) is 0 Å². The van der Waals surface area contributed by atoms with E-state index < -0.39 is 10.0 Å². The third-order valence-electron chi connectivity index (χ3n) is 4.12. The third-order valence-corrected chi connectivity index (χ3v) is 6.02. The van der Waals surface area contributed by atoms with Crippen LogP contribution >= 0.6 is 0 Å². The predicted molar refractivity (Wildman–Crippen MR) is 94.4 cm³/mol. The molecule has 2 rings (SSSR count). The molecular formula is C17H26N2O5S. The van der Waals surface area contributed by atoms with Crippen LogP contribution in [0.3, 0.4) is 0 Å². The van der Waals surface area contributed by atoms with Crippen LogP contribution in [0.4, 0.5) is 0 Å². The van der Waals surface area contributed by atoms with Gasteiger partial charge in [0, 0.05) is 19.1 Å². The topological polar surface area (TPSA) is 84.9 Å². The molecule has 1 fully saturated rings. The molecule has 0 bridgehead atoms. The van der Waals surface area contributed by atoms with E-state index in [0.717, 1.165) is 12.8 Å². The molecule has 8 heteroatoms. The van der Waals surface area contributed by atoms with Crippen LogP contribution in [0.25, 0.3) is 0 Å². The van der Waals surface area contributed by atoms with Gasteiger partial charge in [-0.05, 0) is 31.5 Å². The van der Waals surface area contributed by atoms with Crippen LogP contribution < -0.4 is 10.1 Å². The van der Waals surface area contributed by atoms with Gasteiger partial charge in [-0.25, -0.2) is 8.42 Å². The average Bonchev–Trinajstić information content (AvgIpc) is 2.62. The van der Waals surface area contributed by atoms with Crippen molar-refractivity contribution in [2.75, 3.05) is 33.4 Å². The van der Waals surface area contributed by atoms with Crippen molar-refractivity contribution in [1.82, 2.24) is 9.62 Å². The lowest BCUT2D eigenvalue weighted by Crippen LogP contribution is -2.40. The second-order valence-electron chi connectivity index (χ2n) is 6.04. The highest BCUT2D eigenvalue weighted by atomic mass is 32.2. The quantitative estimate of drug-likeness (QED) is 0.789. The number of amides is 1. The molecule has 1 N–H and O–H groups in total. The fraction of sp³-hybridized carbons (Fsp3) is 0.588. The van der Waals surface area contributed by atoms with Gasteiger partial charge in [0.05, 0.1) is 30.8 Å². The fourth-order valence-electron chi connectivity index (χ4n) is 2.77. The Hall–Kier alpha value is -1.64. The molecule has 1 unspecified atom stereocenters. The van der Waals surface area contributed by atoms with Gasteiger partial charge in [0.1, 0.15) is 5.75 Å². The number of hydrogen-bond donors (Lipinski definition) is 1. The van der Waals surface area contributed by atoms with Gasteiger partial charge < -0.3 is 14.8 Å². The molecule has 0 aromatic heterocycles. The first-order valence-corrected chi connectivity index (χ1v) is 9.91. The highest BCUT2D eigenvalue weighted by molar-refractivity contribution is 7.89. The van der Waals surface area contributed by atoms with Crippen LogP contribution in [0.2, 0.25) is 0 Å². The molecule has 1 aromatic rings. The monoisotopic (exact) mass is 370 g/mol. The number of carbonyl (C=O) groups excluding carboxylic acids is 1. The maximum atomic E-state index is 12.8. The van der Waals surface area contributed by atoms with Crippen LogP contribution in [0.1, 0.15) is 37.0 Å². The van der Waals surface area contributed by atoms with Gasteiger partial charge in [-0.1, -0.05) is 13.3 Å². The highest BCUT2D eigenvalue weighted by Gasteiger charge is 2.28. The van der Waals surface area contributed by atoms with E-state index in [-0.39, 0.29) is 22.4 Å². The molecule has 1 atom stereocenters. The highest BCUT2D eigenvalue weighted by Crippen LogP contribution is 2.25. The van der Waals surface area contributed by atoms with Gasteiger partial charge in [0.15, 0.2) is 0 Å². The standard InChI is InChI=1S/C17H26N2O5S/c1-4-5-13(2)18-17(20)15-12-14(6-7-16(15)23-3)25(21,22)19-8-10-24-11-9-19/h6-7,12-13H,4-5,8-11H2,1-3H3,(H,18,20). The molecule has 1 amide bonds. The van der Waals surface area contributed by atoms with Gasteiger partial charge in [-0.3, -0.25) is 4.79 Å². The Morgan fingerprint density at radius 1 is 1.36 bits per heavy atom. The van der Waals surface area contributed by atoms with Gasteiger partial charge in [-0.2, -0.15) is 4.31 Å². The molecule has 7 nitrogen and oxygen atoms in total. The number of rotatable bonds is 7. The van der Waals surface area contributed by atoms with Crippen LogP contribution in [0.5, 0.6) is 5.75 Å². The molecule has 1 heterocycles. The van der Waals surface area contributed by atoms with E-state index in [0.29, 0.717) is 32.1 Å². The minimum Gasteiger partial charge on any atom is -0.496 e. The molecule has 0 spiro atoms. The molecule has 0 aliphatic carbocycles. The number of carbonyl (C=O) groups is 1. The Morgan fingerprint density at radius 3 is 2.64 bits per heavy atom. The molecule has 0 saturated carbocycles. The molecule has 0 radical (unpaired) electrons. The Balaban J connectivity index is 2.31. The van der Waals surface area contributed by atoms with Gasteiger partial charge in [0.25, 0.3) is 5.91 Å². The summed E-state index contributed by atoms with van der Waals surface area (Å²) in [7, 11) is -2.21. The number of methoxy groups -OCH3 is 1. The molecule has 140 valence electrons. The van der Waals surface area contributed by atoms with Gasteiger partial charge in [0.2, 0.25) is 10.0 Å². The SMILES string of the molecule is CCCC(C)NC(=O)c1cc(S(=O)(=O)N2CCOCC2)ccc1OC. The molecular weight excluding hydrogens is 344 g/mol. The molecule has 1 aromatic carbocycles. The van der Waals surface area contributed by atoms with E-state index in [1.807, 2.05) is 13.8 Å². The smallest absolute Gasteiger partial charge is 0.255 e. The number of hydrogen-bond acceptors (Lipinski definition) is 5. The predicted octanol–water partition coefficient (Wildman–Crippen LogP) is 1.63. The summed E-state index contributed by atoms with van der Waals surface area (Å²) in [6.07, 6.45) is 1.80. The minimum atomic E-state index is -3.66. The second kappa shape index (κ2) is 8.64. The summed E-state index contributed by atoms with van der Waals surface area (Å²) < 4.78 is 37.4. The largest absolute Gasteiger partial charge is 0.496 e. The van der Waals surface area contributed by atoms with Crippen molar-refractivity contribution in [1.29, 1.82) is 0 Å². The van der Waals surface area contributed by atoms with Crippen LogP contribution in [-0.4, -0.2) is 58.1 Å². The van der Waals surface area contributed by atoms with Gasteiger partial charge in [-0.15, -0.1) is 0 Å². The Bertz CT molecular complexity index is 699. The number of nitrogens with zero attached hydrogens (tertiary/aromatic N) is 1. The third kappa shape index (κ3) is 4.71. The van der Waals surface area contributed by atoms with Crippen molar-refractivity contribution < 1.29 is 22.7 Å². The first-order valence-electron chi connectivity index (χ1n) is 8.47. The summed E-state index contributed by atoms with van der Waals surface area (Å²) in [5.41, 5.74) is 0.222. The van der Waals surface area contributed by atoms with Gasteiger partial charge >= 0.3 is 0 Å². The van der Waals surface area contributed by atoms with Crippen LogP contribution in [-0.2, 0) is 14.8 Å². The summed E-state index contributed by atoms with van der Waals surface area (Å²) in [6, 6.07) is 4.38. The fourth-order valence-corrected chi connectivity index (χ4v) is 4.20. The normalized spacial score (nSPS) is 17.1. The zero-order chi connectivity index (χ0) is 18.4. The van der Waals surface area contributed by atoms with Crippen molar-refractivity contribution in [2.45, 2.75) is 37.6 Å². The number of sulfonamides is 1. The lowest BCUT2D eigenvalue weighted by molar-refractivity contribution is 0.0730. The Kier molecular flexibility index (Phi) is 6.80. The first-order chi connectivity index (χ1) is 11.9. The number of nitrogens with one attached hydrogen (secondary N) is 1. The summed E-state index contributed by atoms with van der Waals surface area (Å²) >= 11 is 0. The summed E-state index contributed by atoms with van der Waals surface area (Å²) in [6.45, 7) is 5.32. The maximum absolute atomic E-state index is 12.8. The van der Waals surface area contributed by atoms with Crippen molar-refractivity contribution in [3.8, 4) is 5.75 Å². The molecule has 1 aliphatic rings. The average molecular weight is 370 g/mol. The Labute approximate surface area is 149 Å². The van der Waals surface area contributed by atoms with E-state index >= 15 is 0 Å². The second-order valence-corrected chi connectivity index (χ2v) is 7.98. The zero-order valence-corrected chi connectivity index (χ0v) is 15.8. The summed E-state index contributed by atoms with van der Waals surface area (Å²) in [5.74, 6) is 0.0129. The van der Waals surface area contributed by atoms with Crippen molar-refractivity contribution in [3.05, 3.63) is 23.8 Å². The van der Waals surface area contributed by atoms with E-state index in [2.05, 4.69) is 5.32 Å². The van der Waals surface area contributed by atoms with E-state index in [9.17, 15) is 13.2 Å². The van der Waals surface area contributed by atoms with E-state index in [4.69, 9.17) is 9.47 Å². The van der Waals surface area contributed by atoms with Crippen LogP contribution in [0, 0.1) is 0 Å². The first kappa shape index (κ1) is 19.7. The maximum Gasteiger partial charge on any atom is 0.255 e. The summed E-state index contributed by atoms with van der Waals surface area (Å²) in [5, 5.41) is 2.88. The van der Waals surface area contributed by atoms with Crippen molar-refractivity contribution >= 4 is 15.9 Å². The molecule has 1 saturated heterocycles. The lowest BCUT2D eigenvalue weighted by atomic mass is 10.1. The number of morpholine rings is 1. The Morgan fingerprint density at radius 2 is 2.04 bits per heavy atom. The van der Waals surface area contributed by atoms with E-state index in [1.165, 1.54) is 29.6 Å². The minimum absolute atomic E-state index is 0.00159. The summed E-state index contributed by atoms with van der Waals surface area (Å²) in [4.78, 5) is 12.6. The zero-order valence-electron chi connectivity index (χ0n) is 14.9.